The molecule has 1 N–H and O–H groups in total. The third-order valence-electron chi connectivity index (χ3n) is 2.07. The summed E-state index contributed by atoms with van der Waals surface area (Å²) in [6.07, 6.45) is 3.71. The lowest BCUT2D eigenvalue weighted by Crippen LogP contribution is -2.16. The van der Waals surface area contributed by atoms with Crippen molar-refractivity contribution in [2.24, 2.45) is 0 Å². The molecule has 1 aromatic heterocycles. The van der Waals surface area contributed by atoms with Gasteiger partial charge in [-0.2, -0.15) is 0 Å². The number of aromatic nitrogens is 1. The fraction of sp³-hybridized carbons (Fsp3) is 0.727. The van der Waals surface area contributed by atoms with Crippen molar-refractivity contribution in [2.75, 3.05) is 19.8 Å². The lowest BCUT2D eigenvalue weighted by Gasteiger charge is -2.02. The fourth-order valence-corrected chi connectivity index (χ4v) is 1.23. The zero-order valence-corrected chi connectivity index (χ0v) is 9.58. The van der Waals surface area contributed by atoms with Crippen LogP contribution in [0.2, 0.25) is 0 Å². The van der Waals surface area contributed by atoms with E-state index in [-0.39, 0.29) is 0 Å². The number of rotatable bonds is 8. The van der Waals surface area contributed by atoms with Gasteiger partial charge in [-0.3, -0.25) is 0 Å². The Kier molecular flexibility index (Phi) is 6.04. The Bertz CT molecular complexity index is 261. The van der Waals surface area contributed by atoms with E-state index in [4.69, 9.17) is 9.15 Å². The van der Waals surface area contributed by atoms with Crippen molar-refractivity contribution in [3.8, 4) is 0 Å². The van der Waals surface area contributed by atoms with Gasteiger partial charge >= 0.3 is 0 Å². The molecule has 1 heterocycles. The molecule has 0 spiro atoms. The quantitative estimate of drug-likeness (QED) is 0.667. The Labute approximate surface area is 91.0 Å². The second kappa shape index (κ2) is 7.43. The van der Waals surface area contributed by atoms with Crippen LogP contribution in [-0.2, 0) is 17.7 Å². The van der Waals surface area contributed by atoms with E-state index in [9.17, 15) is 0 Å². The van der Waals surface area contributed by atoms with Crippen molar-refractivity contribution < 1.29 is 9.15 Å². The normalized spacial score (nSPS) is 10.8. The molecule has 0 aliphatic carbocycles. The average Bonchev–Trinajstić information content (AvgIpc) is 2.71. The molecule has 0 aliphatic heterocycles. The van der Waals surface area contributed by atoms with Crippen molar-refractivity contribution in [1.29, 1.82) is 0 Å². The summed E-state index contributed by atoms with van der Waals surface area (Å²) in [5, 5.41) is 3.26. The van der Waals surface area contributed by atoms with Gasteiger partial charge in [-0.05, 0) is 19.9 Å². The molecule has 1 aromatic rings. The zero-order valence-electron chi connectivity index (χ0n) is 9.58. The molecule has 15 heavy (non-hydrogen) atoms. The molecule has 0 saturated carbocycles. The number of hydrogen-bond acceptors (Lipinski definition) is 4. The van der Waals surface area contributed by atoms with Crippen molar-refractivity contribution in [3.63, 3.8) is 0 Å². The maximum absolute atomic E-state index is 5.46. The van der Waals surface area contributed by atoms with Gasteiger partial charge in [0.1, 0.15) is 5.76 Å². The van der Waals surface area contributed by atoms with Crippen LogP contribution in [0.15, 0.2) is 10.6 Å². The van der Waals surface area contributed by atoms with Gasteiger partial charge in [0.2, 0.25) is 5.89 Å². The SMILES string of the molecule is CCOCCCNCc1ncc(CC)o1. The highest BCUT2D eigenvalue weighted by molar-refractivity contribution is 4.93. The molecule has 0 aliphatic rings. The van der Waals surface area contributed by atoms with Crippen LogP contribution in [0.3, 0.4) is 0 Å². The number of ether oxygens (including phenoxy) is 1. The monoisotopic (exact) mass is 212 g/mol. The minimum atomic E-state index is 0.701. The highest BCUT2D eigenvalue weighted by Crippen LogP contribution is 2.03. The number of aryl methyl sites for hydroxylation is 1. The van der Waals surface area contributed by atoms with E-state index < -0.39 is 0 Å². The van der Waals surface area contributed by atoms with E-state index in [2.05, 4.69) is 17.2 Å². The first-order chi connectivity index (χ1) is 7.36. The summed E-state index contributed by atoms with van der Waals surface area (Å²) in [7, 11) is 0. The van der Waals surface area contributed by atoms with E-state index in [1.165, 1.54) is 0 Å². The highest BCUT2D eigenvalue weighted by Gasteiger charge is 2.00. The molecule has 0 radical (unpaired) electrons. The van der Waals surface area contributed by atoms with Gasteiger partial charge in [0, 0.05) is 19.6 Å². The number of nitrogens with one attached hydrogen (secondary N) is 1. The largest absolute Gasteiger partial charge is 0.444 e. The minimum absolute atomic E-state index is 0.701. The van der Waals surface area contributed by atoms with Crippen LogP contribution in [0.1, 0.15) is 31.9 Å². The van der Waals surface area contributed by atoms with Crippen LogP contribution in [0.5, 0.6) is 0 Å². The molecule has 0 unspecified atom stereocenters. The molecule has 0 atom stereocenters. The standard InChI is InChI=1S/C11H20N2O2/c1-3-10-8-13-11(15-10)9-12-6-5-7-14-4-2/h8,12H,3-7,9H2,1-2H3. The van der Waals surface area contributed by atoms with Gasteiger partial charge in [0.15, 0.2) is 0 Å². The summed E-state index contributed by atoms with van der Waals surface area (Å²) in [6.45, 7) is 7.30. The first-order valence-electron chi connectivity index (χ1n) is 5.58. The summed E-state index contributed by atoms with van der Waals surface area (Å²) >= 11 is 0. The minimum Gasteiger partial charge on any atom is -0.444 e. The molecule has 0 fully saturated rings. The van der Waals surface area contributed by atoms with E-state index in [0.29, 0.717) is 6.54 Å². The Hall–Kier alpha value is -0.870. The topological polar surface area (TPSA) is 47.3 Å². The lowest BCUT2D eigenvalue weighted by molar-refractivity contribution is 0.144. The summed E-state index contributed by atoms with van der Waals surface area (Å²) < 4.78 is 10.7. The number of oxazole rings is 1. The Morgan fingerprint density at radius 1 is 1.47 bits per heavy atom. The maximum Gasteiger partial charge on any atom is 0.208 e. The molecule has 0 aromatic carbocycles. The molecule has 0 bridgehead atoms. The van der Waals surface area contributed by atoms with Gasteiger partial charge in [-0.15, -0.1) is 0 Å². The van der Waals surface area contributed by atoms with Crippen LogP contribution in [0.4, 0.5) is 0 Å². The van der Waals surface area contributed by atoms with Gasteiger partial charge < -0.3 is 14.5 Å². The average molecular weight is 212 g/mol. The van der Waals surface area contributed by atoms with Gasteiger partial charge in [0.05, 0.1) is 12.7 Å². The first kappa shape index (κ1) is 12.2. The van der Waals surface area contributed by atoms with E-state index in [0.717, 1.165) is 44.3 Å². The number of nitrogens with zero attached hydrogens (tertiary/aromatic N) is 1. The molecule has 4 nitrogen and oxygen atoms in total. The number of hydrogen-bond donors (Lipinski definition) is 1. The van der Waals surface area contributed by atoms with Crippen LogP contribution in [0.25, 0.3) is 0 Å². The Morgan fingerprint density at radius 3 is 3.00 bits per heavy atom. The van der Waals surface area contributed by atoms with Crippen molar-refractivity contribution in [2.45, 2.75) is 33.2 Å². The van der Waals surface area contributed by atoms with E-state index in [1.807, 2.05) is 6.92 Å². The second-order valence-electron chi connectivity index (χ2n) is 3.30. The zero-order chi connectivity index (χ0) is 10.9. The third-order valence-corrected chi connectivity index (χ3v) is 2.07. The molecule has 1 rings (SSSR count). The molecule has 86 valence electrons. The van der Waals surface area contributed by atoms with Crippen LogP contribution in [0, 0.1) is 0 Å². The van der Waals surface area contributed by atoms with E-state index >= 15 is 0 Å². The van der Waals surface area contributed by atoms with Gasteiger partial charge in [-0.1, -0.05) is 6.92 Å². The van der Waals surface area contributed by atoms with Crippen LogP contribution < -0.4 is 5.32 Å². The summed E-state index contributed by atoms with van der Waals surface area (Å²) in [6, 6.07) is 0. The van der Waals surface area contributed by atoms with Crippen LogP contribution >= 0.6 is 0 Å². The van der Waals surface area contributed by atoms with E-state index in [1.54, 1.807) is 6.20 Å². The summed E-state index contributed by atoms with van der Waals surface area (Å²) in [4.78, 5) is 4.16. The maximum atomic E-state index is 5.46. The first-order valence-corrected chi connectivity index (χ1v) is 5.58. The Morgan fingerprint density at radius 2 is 2.33 bits per heavy atom. The van der Waals surface area contributed by atoms with Crippen molar-refractivity contribution >= 4 is 0 Å². The molecule has 0 saturated heterocycles. The van der Waals surface area contributed by atoms with Crippen molar-refractivity contribution in [1.82, 2.24) is 10.3 Å². The Balaban J connectivity index is 2.04. The predicted molar refractivity (Wildman–Crippen MR) is 58.7 cm³/mol. The lowest BCUT2D eigenvalue weighted by atomic mass is 10.4. The molecular formula is C11H20N2O2. The summed E-state index contributed by atoms with van der Waals surface area (Å²) in [5.74, 6) is 1.71. The third kappa shape index (κ3) is 4.95. The highest BCUT2D eigenvalue weighted by atomic mass is 16.5. The van der Waals surface area contributed by atoms with Gasteiger partial charge in [-0.25, -0.2) is 4.98 Å². The predicted octanol–water partition coefficient (Wildman–Crippen LogP) is 1.75. The fourth-order valence-electron chi connectivity index (χ4n) is 1.23. The molecule has 0 amide bonds. The van der Waals surface area contributed by atoms with Crippen molar-refractivity contribution in [3.05, 3.63) is 17.8 Å². The smallest absolute Gasteiger partial charge is 0.208 e. The van der Waals surface area contributed by atoms with Crippen LogP contribution in [-0.4, -0.2) is 24.7 Å². The summed E-state index contributed by atoms with van der Waals surface area (Å²) in [5.41, 5.74) is 0. The van der Waals surface area contributed by atoms with Gasteiger partial charge in [0.25, 0.3) is 0 Å². The molecular weight excluding hydrogens is 192 g/mol. The second-order valence-corrected chi connectivity index (χ2v) is 3.30. The molecule has 4 heteroatoms.